The molecule has 1 aromatic carbocycles. The van der Waals surface area contributed by atoms with Crippen LogP contribution < -0.4 is 10.0 Å². The van der Waals surface area contributed by atoms with E-state index in [0.717, 1.165) is 32.1 Å². The minimum Gasteiger partial charge on any atom is -0.326 e. The fraction of sp³-hybridized carbons (Fsp3) is 0.579. The van der Waals surface area contributed by atoms with Crippen LogP contribution in [0.15, 0.2) is 23.1 Å². The van der Waals surface area contributed by atoms with E-state index in [9.17, 15) is 13.2 Å². The van der Waals surface area contributed by atoms with Gasteiger partial charge >= 0.3 is 0 Å². The van der Waals surface area contributed by atoms with Crippen LogP contribution in [-0.2, 0) is 14.8 Å². The Morgan fingerprint density at radius 1 is 1.24 bits per heavy atom. The van der Waals surface area contributed by atoms with E-state index in [1.54, 1.807) is 4.90 Å². The van der Waals surface area contributed by atoms with Gasteiger partial charge in [-0.25, -0.2) is 13.1 Å². The Morgan fingerprint density at radius 2 is 2.03 bits per heavy atom. The third kappa shape index (κ3) is 5.62. The van der Waals surface area contributed by atoms with Crippen molar-refractivity contribution >= 4 is 39.1 Å². The lowest BCUT2D eigenvalue weighted by molar-refractivity contribution is -0.130. The van der Waals surface area contributed by atoms with Gasteiger partial charge in [0.05, 0.1) is 27.6 Å². The molecule has 1 aliphatic heterocycles. The van der Waals surface area contributed by atoms with E-state index in [1.807, 2.05) is 0 Å². The number of nitriles is 1. The number of halogens is 2. The Hall–Kier alpha value is -1.37. The van der Waals surface area contributed by atoms with Crippen LogP contribution in [-0.4, -0.2) is 50.9 Å². The lowest BCUT2D eigenvalue weighted by Gasteiger charge is -2.21. The first kappa shape index (κ1) is 22.3. The summed E-state index contributed by atoms with van der Waals surface area (Å²) in [6, 6.07) is 6.26. The van der Waals surface area contributed by atoms with Crippen molar-refractivity contribution < 1.29 is 13.2 Å². The first-order valence-electron chi connectivity index (χ1n) is 9.67. The fourth-order valence-electron chi connectivity index (χ4n) is 3.93. The van der Waals surface area contributed by atoms with Crippen molar-refractivity contribution in [2.75, 3.05) is 19.6 Å². The molecule has 1 aromatic rings. The number of amides is 1. The minimum atomic E-state index is -3.66. The molecule has 0 unspecified atom stereocenters. The third-order valence-electron chi connectivity index (χ3n) is 5.57. The van der Waals surface area contributed by atoms with Crippen molar-refractivity contribution in [1.29, 1.82) is 5.26 Å². The van der Waals surface area contributed by atoms with Gasteiger partial charge in [-0.1, -0.05) is 23.2 Å². The number of rotatable bonds is 7. The Bertz CT molecular complexity index is 903. The van der Waals surface area contributed by atoms with Gasteiger partial charge in [0.1, 0.15) is 6.04 Å². The summed E-state index contributed by atoms with van der Waals surface area (Å²) in [5.74, 6) is 0.150. The highest BCUT2D eigenvalue weighted by atomic mass is 35.5. The molecule has 1 aliphatic carbocycles. The van der Waals surface area contributed by atoms with Crippen LogP contribution in [0.5, 0.6) is 0 Å². The summed E-state index contributed by atoms with van der Waals surface area (Å²) in [7, 11) is -3.66. The molecule has 3 atom stereocenters. The zero-order valence-corrected chi connectivity index (χ0v) is 18.2. The predicted molar refractivity (Wildman–Crippen MR) is 111 cm³/mol. The highest BCUT2D eigenvalue weighted by Crippen LogP contribution is 2.27. The smallest absolute Gasteiger partial charge is 0.240 e. The zero-order chi connectivity index (χ0) is 21.0. The van der Waals surface area contributed by atoms with Crippen molar-refractivity contribution in [1.82, 2.24) is 14.9 Å². The molecule has 0 bridgehead atoms. The molecule has 1 saturated carbocycles. The van der Waals surface area contributed by atoms with Gasteiger partial charge in [0, 0.05) is 19.1 Å². The summed E-state index contributed by atoms with van der Waals surface area (Å²) < 4.78 is 27.5. The van der Waals surface area contributed by atoms with Crippen molar-refractivity contribution in [2.45, 2.75) is 49.1 Å². The standard InChI is InChI=1S/C19H24Cl2N4O3S/c20-17-6-5-16(9-18(17)21)29(27,28)24-11-13-3-4-14(8-13)23-12-19(26)25-7-1-2-15(25)10-22/h5-6,9,13-15,23-24H,1-4,7-8,11-12H2/t13-,14+,15-/m0/s1. The number of hydrogen-bond acceptors (Lipinski definition) is 5. The van der Waals surface area contributed by atoms with Gasteiger partial charge < -0.3 is 10.2 Å². The molecule has 158 valence electrons. The second-order valence-electron chi connectivity index (χ2n) is 7.56. The summed E-state index contributed by atoms with van der Waals surface area (Å²) >= 11 is 11.8. The molecule has 2 fully saturated rings. The molecule has 2 aliphatic rings. The fourth-order valence-corrected chi connectivity index (χ4v) is 5.44. The van der Waals surface area contributed by atoms with Crippen molar-refractivity contribution in [3.63, 3.8) is 0 Å². The van der Waals surface area contributed by atoms with Crippen LogP contribution in [0.2, 0.25) is 10.0 Å². The quantitative estimate of drug-likeness (QED) is 0.653. The van der Waals surface area contributed by atoms with Crippen LogP contribution in [0.3, 0.4) is 0 Å². The first-order chi connectivity index (χ1) is 13.8. The minimum absolute atomic E-state index is 0.0437. The monoisotopic (exact) mass is 458 g/mol. The summed E-state index contributed by atoms with van der Waals surface area (Å²) in [5, 5.41) is 12.9. The van der Waals surface area contributed by atoms with E-state index in [4.69, 9.17) is 28.5 Å². The molecular weight excluding hydrogens is 435 g/mol. The number of benzene rings is 1. The average Bonchev–Trinajstić information content (AvgIpc) is 3.35. The molecule has 1 amide bonds. The maximum atomic E-state index is 12.5. The number of sulfonamides is 1. The second-order valence-corrected chi connectivity index (χ2v) is 10.1. The molecule has 1 heterocycles. The zero-order valence-electron chi connectivity index (χ0n) is 15.9. The second kappa shape index (κ2) is 9.63. The van der Waals surface area contributed by atoms with Gasteiger partial charge in [-0.3, -0.25) is 4.79 Å². The third-order valence-corrected chi connectivity index (χ3v) is 7.73. The molecule has 2 N–H and O–H groups in total. The molecular formula is C19H24Cl2N4O3S. The number of nitrogens with one attached hydrogen (secondary N) is 2. The topological polar surface area (TPSA) is 102 Å². The van der Waals surface area contributed by atoms with Crippen molar-refractivity contribution in [3.8, 4) is 6.07 Å². The van der Waals surface area contributed by atoms with Gasteiger partial charge in [0.2, 0.25) is 15.9 Å². The van der Waals surface area contributed by atoms with Crippen molar-refractivity contribution in [3.05, 3.63) is 28.2 Å². The maximum absolute atomic E-state index is 12.5. The van der Waals surface area contributed by atoms with Gasteiger partial charge in [-0.15, -0.1) is 0 Å². The van der Waals surface area contributed by atoms with Crippen LogP contribution in [0.4, 0.5) is 0 Å². The van der Waals surface area contributed by atoms with Gasteiger partial charge in [-0.05, 0) is 56.2 Å². The number of carbonyl (C=O) groups excluding carboxylic acids is 1. The normalized spacial score (nSPS) is 24.6. The van der Waals surface area contributed by atoms with E-state index in [-0.39, 0.29) is 40.4 Å². The van der Waals surface area contributed by atoms with E-state index < -0.39 is 10.0 Å². The Morgan fingerprint density at radius 3 is 2.76 bits per heavy atom. The molecule has 3 rings (SSSR count). The van der Waals surface area contributed by atoms with E-state index >= 15 is 0 Å². The molecule has 7 nitrogen and oxygen atoms in total. The Labute approximate surface area is 181 Å². The molecule has 1 saturated heterocycles. The van der Waals surface area contributed by atoms with Crippen LogP contribution in [0.25, 0.3) is 0 Å². The van der Waals surface area contributed by atoms with Gasteiger partial charge in [0.15, 0.2) is 0 Å². The number of likely N-dealkylation sites (tertiary alicyclic amines) is 1. The van der Waals surface area contributed by atoms with Crippen LogP contribution in [0.1, 0.15) is 32.1 Å². The Kier molecular flexibility index (Phi) is 7.41. The van der Waals surface area contributed by atoms with Crippen LogP contribution >= 0.6 is 23.2 Å². The van der Waals surface area contributed by atoms with Crippen LogP contribution in [0, 0.1) is 17.2 Å². The van der Waals surface area contributed by atoms with E-state index in [1.165, 1.54) is 18.2 Å². The molecule has 0 spiro atoms. The molecule has 10 heteroatoms. The lowest BCUT2D eigenvalue weighted by Crippen LogP contribution is -2.43. The largest absolute Gasteiger partial charge is 0.326 e. The highest BCUT2D eigenvalue weighted by Gasteiger charge is 2.30. The number of nitrogens with zero attached hydrogens (tertiary/aromatic N) is 2. The Balaban J connectivity index is 1.44. The van der Waals surface area contributed by atoms with Crippen molar-refractivity contribution in [2.24, 2.45) is 5.92 Å². The van der Waals surface area contributed by atoms with E-state index in [2.05, 4.69) is 16.1 Å². The SMILES string of the molecule is N#C[C@@H]1CCCN1C(=O)CN[C@@H]1CC[C@H](CNS(=O)(=O)c2ccc(Cl)c(Cl)c2)C1. The summed E-state index contributed by atoms with van der Waals surface area (Å²) in [5.41, 5.74) is 0. The van der Waals surface area contributed by atoms with Gasteiger partial charge in [-0.2, -0.15) is 5.26 Å². The highest BCUT2D eigenvalue weighted by molar-refractivity contribution is 7.89. The summed E-state index contributed by atoms with van der Waals surface area (Å²) in [4.78, 5) is 14.0. The maximum Gasteiger partial charge on any atom is 0.240 e. The summed E-state index contributed by atoms with van der Waals surface area (Å²) in [6.07, 6.45) is 4.16. The first-order valence-corrected chi connectivity index (χ1v) is 11.9. The number of hydrogen-bond donors (Lipinski definition) is 2. The predicted octanol–water partition coefficient (Wildman–Crippen LogP) is 2.54. The summed E-state index contributed by atoms with van der Waals surface area (Å²) in [6.45, 7) is 1.18. The molecule has 29 heavy (non-hydrogen) atoms. The molecule has 0 aromatic heterocycles. The number of carbonyl (C=O) groups is 1. The average molecular weight is 459 g/mol. The van der Waals surface area contributed by atoms with Gasteiger partial charge in [0.25, 0.3) is 0 Å². The molecule has 0 radical (unpaired) electrons. The van der Waals surface area contributed by atoms with E-state index in [0.29, 0.717) is 18.1 Å². The lowest BCUT2D eigenvalue weighted by atomic mass is 10.1.